The van der Waals surface area contributed by atoms with Crippen molar-refractivity contribution in [2.45, 2.75) is 58.8 Å². The Balaban J connectivity index is 1.93. The van der Waals surface area contributed by atoms with Crippen molar-refractivity contribution in [3.05, 3.63) is 11.7 Å². The van der Waals surface area contributed by atoms with Crippen LogP contribution in [0.3, 0.4) is 0 Å². The highest BCUT2D eigenvalue weighted by Crippen LogP contribution is 2.36. The standard InChI is InChI=1S/C15H27N3O/c1-10(2)6-12(9-16)8-14-17-15(18-19-14)13-5-4-11(3)7-13/h10-13H,4-9,16H2,1-3H3. The molecule has 3 unspecified atom stereocenters. The molecule has 1 aromatic heterocycles. The Hall–Kier alpha value is -0.900. The Labute approximate surface area is 116 Å². The molecular formula is C15H27N3O. The van der Waals surface area contributed by atoms with Gasteiger partial charge < -0.3 is 10.3 Å². The van der Waals surface area contributed by atoms with E-state index in [2.05, 4.69) is 30.9 Å². The maximum Gasteiger partial charge on any atom is 0.226 e. The first-order valence-corrected chi connectivity index (χ1v) is 7.61. The van der Waals surface area contributed by atoms with Gasteiger partial charge in [0.05, 0.1) is 0 Å². The summed E-state index contributed by atoms with van der Waals surface area (Å²) in [5.41, 5.74) is 5.83. The van der Waals surface area contributed by atoms with Crippen LogP contribution in [-0.4, -0.2) is 16.7 Å². The van der Waals surface area contributed by atoms with Gasteiger partial charge in [0.25, 0.3) is 0 Å². The third-order valence-corrected chi connectivity index (χ3v) is 4.15. The van der Waals surface area contributed by atoms with E-state index in [1.54, 1.807) is 0 Å². The number of nitrogens with two attached hydrogens (primary N) is 1. The summed E-state index contributed by atoms with van der Waals surface area (Å²) in [4.78, 5) is 4.59. The van der Waals surface area contributed by atoms with E-state index < -0.39 is 0 Å². The molecule has 4 nitrogen and oxygen atoms in total. The Morgan fingerprint density at radius 3 is 2.74 bits per heavy atom. The molecule has 0 aromatic carbocycles. The Morgan fingerprint density at radius 1 is 1.37 bits per heavy atom. The molecule has 0 saturated heterocycles. The molecular weight excluding hydrogens is 238 g/mol. The van der Waals surface area contributed by atoms with Crippen molar-refractivity contribution in [1.29, 1.82) is 0 Å². The Kier molecular flexibility index (Phi) is 4.97. The van der Waals surface area contributed by atoms with E-state index in [1.165, 1.54) is 19.3 Å². The second-order valence-corrected chi connectivity index (χ2v) is 6.60. The predicted octanol–water partition coefficient (Wildman–Crippen LogP) is 3.14. The number of rotatable bonds is 6. The van der Waals surface area contributed by atoms with Crippen LogP contribution in [0.5, 0.6) is 0 Å². The van der Waals surface area contributed by atoms with Gasteiger partial charge >= 0.3 is 0 Å². The average Bonchev–Trinajstić information content (AvgIpc) is 2.96. The molecule has 0 bridgehead atoms. The average molecular weight is 265 g/mol. The summed E-state index contributed by atoms with van der Waals surface area (Å²) in [6, 6.07) is 0. The molecule has 19 heavy (non-hydrogen) atoms. The van der Waals surface area contributed by atoms with Gasteiger partial charge in [-0.05, 0) is 50.0 Å². The summed E-state index contributed by atoms with van der Waals surface area (Å²) in [5.74, 6) is 4.10. The van der Waals surface area contributed by atoms with Crippen LogP contribution in [0.2, 0.25) is 0 Å². The highest BCUT2D eigenvalue weighted by Gasteiger charge is 2.27. The van der Waals surface area contributed by atoms with Crippen LogP contribution < -0.4 is 5.73 Å². The van der Waals surface area contributed by atoms with Gasteiger partial charge in [-0.1, -0.05) is 25.9 Å². The summed E-state index contributed by atoms with van der Waals surface area (Å²) < 4.78 is 5.41. The molecule has 0 aliphatic heterocycles. The number of hydrogen-bond acceptors (Lipinski definition) is 4. The normalized spacial score (nSPS) is 25.1. The lowest BCUT2D eigenvalue weighted by molar-refractivity contribution is 0.328. The molecule has 3 atom stereocenters. The molecule has 1 heterocycles. The number of aromatic nitrogens is 2. The van der Waals surface area contributed by atoms with E-state index >= 15 is 0 Å². The fourth-order valence-electron chi connectivity index (χ4n) is 3.13. The maximum absolute atomic E-state index is 5.83. The molecule has 0 amide bonds. The zero-order valence-corrected chi connectivity index (χ0v) is 12.4. The van der Waals surface area contributed by atoms with Gasteiger partial charge in [-0.3, -0.25) is 0 Å². The first kappa shape index (κ1) is 14.5. The molecule has 2 N–H and O–H groups in total. The predicted molar refractivity (Wildman–Crippen MR) is 75.8 cm³/mol. The van der Waals surface area contributed by atoms with Crippen LogP contribution in [0.15, 0.2) is 4.52 Å². The summed E-state index contributed by atoms with van der Waals surface area (Å²) in [6.07, 6.45) is 5.63. The van der Waals surface area contributed by atoms with Gasteiger partial charge in [-0.25, -0.2) is 0 Å². The van der Waals surface area contributed by atoms with Crippen molar-refractivity contribution in [3.8, 4) is 0 Å². The van der Waals surface area contributed by atoms with Crippen molar-refractivity contribution in [3.63, 3.8) is 0 Å². The summed E-state index contributed by atoms with van der Waals surface area (Å²) in [7, 11) is 0. The van der Waals surface area contributed by atoms with Crippen LogP contribution in [0, 0.1) is 17.8 Å². The zero-order valence-electron chi connectivity index (χ0n) is 12.4. The van der Waals surface area contributed by atoms with Crippen LogP contribution in [0.4, 0.5) is 0 Å². The third-order valence-electron chi connectivity index (χ3n) is 4.15. The van der Waals surface area contributed by atoms with Crippen LogP contribution in [-0.2, 0) is 6.42 Å². The van der Waals surface area contributed by atoms with E-state index in [-0.39, 0.29) is 0 Å². The first-order chi connectivity index (χ1) is 9.08. The van der Waals surface area contributed by atoms with Crippen LogP contribution in [0.1, 0.15) is 64.1 Å². The largest absolute Gasteiger partial charge is 0.339 e. The molecule has 1 aliphatic carbocycles. The van der Waals surface area contributed by atoms with Crippen LogP contribution in [0.25, 0.3) is 0 Å². The van der Waals surface area contributed by atoms with Gasteiger partial charge in [0, 0.05) is 12.3 Å². The highest BCUT2D eigenvalue weighted by atomic mass is 16.5. The first-order valence-electron chi connectivity index (χ1n) is 7.61. The monoisotopic (exact) mass is 265 g/mol. The molecule has 1 fully saturated rings. The highest BCUT2D eigenvalue weighted by molar-refractivity contribution is 4.99. The quantitative estimate of drug-likeness (QED) is 0.858. The molecule has 1 aromatic rings. The third kappa shape index (κ3) is 4.03. The van der Waals surface area contributed by atoms with Crippen molar-refractivity contribution in [2.24, 2.45) is 23.5 Å². The summed E-state index contributed by atoms with van der Waals surface area (Å²) >= 11 is 0. The van der Waals surface area contributed by atoms with Crippen molar-refractivity contribution in [2.75, 3.05) is 6.54 Å². The smallest absolute Gasteiger partial charge is 0.226 e. The minimum absolute atomic E-state index is 0.454. The SMILES string of the molecule is CC(C)CC(CN)Cc1nc(C2CCC(C)C2)no1. The fraction of sp³-hybridized carbons (Fsp3) is 0.867. The van der Waals surface area contributed by atoms with Crippen LogP contribution >= 0.6 is 0 Å². The lowest BCUT2D eigenvalue weighted by Gasteiger charge is -2.14. The molecule has 4 heteroatoms. The second kappa shape index (κ2) is 6.51. The zero-order chi connectivity index (χ0) is 13.8. The number of nitrogens with zero attached hydrogens (tertiary/aromatic N) is 2. The van der Waals surface area contributed by atoms with E-state index in [1.807, 2.05) is 0 Å². The fourth-order valence-corrected chi connectivity index (χ4v) is 3.13. The molecule has 1 saturated carbocycles. The van der Waals surface area contributed by atoms with Gasteiger partial charge in [0.2, 0.25) is 5.89 Å². The summed E-state index contributed by atoms with van der Waals surface area (Å²) in [5, 5.41) is 4.17. The lowest BCUT2D eigenvalue weighted by atomic mass is 9.94. The van der Waals surface area contributed by atoms with E-state index in [4.69, 9.17) is 10.3 Å². The van der Waals surface area contributed by atoms with Gasteiger partial charge in [-0.15, -0.1) is 0 Å². The van der Waals surface area contributed by atoms with E-state index in [0.717, 1.165) is 30.5 Å². The topological polar surface area (TPSA) is 64.9 Å². The van der Waals surface area contributed by atoms with E-state index in [0.29, 0.717) is 24.3 Å². The Bertz CT molecular complexity index is 388. The van der Waals surface area contributed by atoms with Crippen molar-refractivity contribution >= 4 is 0 Å². The van der Waals surface area contributed by atoms with E-state index in [9.17, 15) is 0 Å². The molecule has 0 spiro atoms. The lowest BCUT2D eigenvalue weighted by Crippen LogP contribution is -2.19. The second-order valence-electron chi connectivity index (χ2n) is 6.60. The molecule has 1 aliphatic rings. The summed E-state index contributed by atoms with van der Waals surface area (Å²) in [6.45, 7) is 7.44. The van der Waals surface area contributed by atoms with Gasteiger partial charge in [0.1, 0.15) is 0 Å². The van der Waals surface area contributed by atoms with Gasteiger partial charge in [0.15, 0.2) is 5.82 Å². The maximum atomic E-state index is 5.83. The number of hydrogen-bond donors (Lipinski definition) is 1. The minimum Gasteiger partial charge on any atom is -0.339 e. The molecule has 108 valence electrons. The molecule has 0 radical (unpaired) electrons. The Morgan fingerprint density at radius 2 is 2.16 bits per heavy atom. The van der Waals surface area contributed by atoms with Crippen molar-refractivity contribution < 1.29 is 4.52 Å². The minimum atomic E-state index is 0.454. The molecule has 2 rings (SSSR count). The van der Waals surface area contributed by atoms with Gasteiger partial charge in [-0.2, -0.15) is 4.98 Å². The van der Waals surface area contributed by atoms with Crippen molar-refractivity contribution in [1.82, 2.24) is 10.1 Å².